The van der Waals surface area contributed by atoms with Gasteiger partial charge in [0.05, 0.1) is 0 Å². The van der Waals surface area contributed by atoms with E-state index in [0.717, 1.165) is 22.3 Å². The number of phosphoric ester groups is 1. The van der Waals surface area contributed by atoms with Gasteiger partial charge in [-0.2, -0.15) is 0 Å². The zero-order chi connectivity index (χ0) is 17.3. The van der Waals surface area contributed by atoms with Crippen LogP contribution < -0.4 is 0 Å². The third-order valence-electron chi connectivity index (χ3n) is 4.04. The van der Waals surface area contributed by atoms with E-state index in [1.165, 1.54) is 0 Å². The first-order chi connectivity index (χ1) is 10.6. The first kappa shape index (κ1) is 17.9. The van der Waals surface area contributed by atoms with Crippen LogP contribution in [0.1, 0.15) is 36.1 Å². The maximum Gasteiger partial charge on any atom is 0.470 e. The van der Waals surface area contributed by atoms with Crippen LogP contribution in [0.3, 0.4) is 0 Å². The smallest absolute Gasteiger partial charge is 0.303 e. The van der Waals surface area contributed by atoms with Gasteiger partial charge in [-0.05, 0) is 30.9 Å². The highest BCUT2D eigenvalue weighted by Crippen LogP contribution is 2.52. The first-order valence-electron chi connectivity index (χ1n) is 7.56. The molecule has 0 heterocycles. The topological polar surface area (TPSA) is 66.8 Å². The Bertz CT molecular complexity index is 653. The second kappa shape index (κ2) is 6.58. The quantitative estimate of drug-likeness (QED) is 0.800. The summed E-state index contributed by atoms with van der Waals surface area (Å²) in [5.41, 5.74) is 2.40. The third-order valence-corrected chi connectivity index (χ3v) is 4.56. The molecule has 0 atom stereocenters. The largest absolute Gasteiger partial charge is 0.470 e. The third kappa shape index (κ3) is 3.91. The van der Waals surface area contributed by atoms with Gasteiger partial charge in [-0.3, -0.25) is 4.52 Å². The van der Waals surface area contributed by atoms with Crippen LogP contribution in [0.2, 0.25) is 0 Å². The monoisotopic (exact) mass is 334 g/mol. The molecular formula is C18H23O4P. The number of aryl methyl sites for hydroxylation is 2. The number of hydrogen-bond acceptors (Lipinski definition) is 2. The standard InChI is InChI=1S/C18H23O4P/c1-13(2)18(22-23(19,20)21,16-9-5-14(3)6-10-16)17-11-7-15(4)8-12-17/h5-13H,1-4H3,(H2,19,20,21). The van der Waals surface area contributed by atoms with E-state index in [9.17, 15) is 14.4 Å². The molecule has 0 saturated carbocycles. The summed E-state index contributed by atoms with van der Waals surface area (Å²) in [6.45, 7) is 7.73. The lowest BCUT2D eigenvalue weighted by atomic mass is 9.77. The zero-order valence-electron chi connectivity index (χ0n) is 13.9. The Balaban J connectivity index is 2.71. The highest BCUT2D eigenvalue weighted by Gasteiger charge is 2.44. The second-order valence-corrected chi connectivity index (χ2v) is 7.37. The molecule has 124 valence electrons. The van der Waals surface area contributed by atoms with E-state index in [1.807, 2.05) is 76.2 Å². The van der Waals surface area contributed by atoms with Gasteiger partial charge >= 0.3 is 7.82 Å². The van der Waals surface area contributed by atoms with Crippen LogP contribution in [0.25, 0.3) is 0 Å². The summed E-state index contributed by atoms with van der Waals surface area (Å²) in [5.74, 6) is -0.180. The molecule has 0 radical (unpaired) electrons. The molecule has 4 nitrogen and oxygen atoms in total. The second-order valence-electron chi connectivity index (χ2n) is 6.20. The van der Waals surface area contributed by atoms with Gasteiger partial charge in [-0.15, -0.1) is 0 Å². The molecule has 0 unspecified atom stereocenters. The summed E-state index contributed by atoms with van der Waals surface area (Å²) in [4.78, 5) is 19.0. The Morgan fingerprint density at radius 3 is 1.48 bits per heavy atom. The summed E-state index contributed by atoms with van der Waals surface area (Å²) in [6.07, 6.45) is 0. The van der Waals surface area contributed by atoms with Crippen molar-refractivity contribution >= 4 is 7.82 Å². The molecule has 0 aromatic heterocycles. The van der Waals surface area contributed by atoms with Crippen LogP contribution in [0.5, 0.6) is 0 Å². The molecule has 5 heteroatoms. The average molecular weight is 334 g/mol. The Kier molecular flexibility index (Phi) is 5.12. The van der Waals surface area contributed by atoms with Crippen molar-refractivity contribution in [2.75, 3.05) is 0 Å². The van der Waals surface area contributed by atoms with Crippen LogP contribution in [0.15, 0.2) is 48.5 Å². The highest BCUT2D eigenvalue weighted by atomic mass is 31.2. The lowest BCUT2D eigenvalue weighted by molar-refractivity contribution is 0.0259. The fourth-order valence-electron chi connectivity index (χ4n) is 2.83. The highest BCUT2D eigenvalue weighted by molar-refractivity contribution is 7.46. The van der Waals surface area contributed by atoms with Crippen molar-refractivity contribution in [3.63, 3.8) is 0 Å². The van der Waals surface area contributed by atoms with Crippen LogP contribution >= 0.6 is 7.82 Å². The van der Waals surface area contributed by atoms with Gasteiger partial charge in [0.15, 0.2) is 0 Å². The molecule has 23 heavy (non-hydrogen) atoms. The minimum atomic E-state index is -4.70. The van der Waals surface area contributed by atoms with E-state index in [4.69, 9.17) is 4.52 Å². The normalized spacial score (nSPS) is 12.7. The Morgan fingerprint density at radius 2 is 1.22 bits per heavy atom. The van der Waals surface area contributed by atoms with Crippen molar-refractivity contribution in [1.82, 2.24) is 0 Å². The number of hydrogen-bond donors (Lipinski definition) is 2. The number of benzene rings is 2. The Labute approximate surface area is 137 Å². The number of phosphoric acid groups is 1. The van der Waals surface area contributed by atoms with E-state index >= 15 is 0 Å². The van der Waals surface area contributed by atoms with Gasteiger partial charge in [-0.25, -0.2) is 4.57 Å². The molecule has 2 N–H and O–H groups in total. The van der Waals surface area contributed by atoms with E-state index in [1.54, 1.807) is 0 Å². The minimum Gasteiger partial charge on any atom is -0.303 e. The maximum atomic E-state index is 11.7. The molecule has 0 saturated heterocycles. The maximum absolute atomic E-state index is 11.7. The van der Waals surface area contributed by atoms with E-state index in [0.29, 0.717) is 0 Å². The number of rotatable bonds is 5. The molecule has 2 aromatic rings. The average Bonchev–Trinajstić information content (AvgIpc) is 2.45. The zero-order valence-corrected chi connectivity index (χ0v) is 14.7. The van der Waals surface area contributed by atoms with Crippen LogP contribution in [0.4, 0.5) is 0 Å². The Morgan fingerprint density at radius 1 is 0.870 bits per heavy atom. The molecular weight excluding hydrogens is 311 g/mol. The molecule has 0 aliphatic heterocycles. The fraction of sp³-hybridized carbons (Fsp3) is 0.333. The summed E-state index contributed by atoms with van der Waals surface area (Å²) >= 11 is 0. The van der Waals surface area contributed by atoms with Crippen LogP contribution in [0, 0.1) is 19.8 Å². The molecule has 2 aromatic carbocycles. The van der Waals surface area contributed by atoms with Crippen molar-refractivity contribution in [1.29, 1.82) is 0 Å². The molecule has 0 spiro atoms. The van der Waals surface area contributed by atoms with Crippen molar-refractivity contribution in [3.8, 4) is 0 Å². The first-order valence-corrected chi connectivity index (χ1v) is 9.09. The summed E-state index contributed by atoms with van der Waals surface area (Å²) in [5, 5.41) is 0. The van der Waals surface area contributed by atoms with Gasteiger partial charge in [0.25, 0.3) is 0 Å². The van der Waals surface area contributed by atoms with E-state index in [2.05, 4.69) is 0 Å². The summed E-state index contributed by atoms with van der Waals surface area (Å²) in [7, 11) is -4.70. The van der Waals surface area contributed by atoms with Gasteiger partial charge in [0.2, 0.25) is 0 Å². The molecule has 0 aliphatic rings. The van der Waals surface area contributed by atoms with E-state index < -0.39 is 13.4 Å². The van der Waals surface area contributed by atoms with E-state index in [-0.39, 0.29) is 5.92 Å². The molecule has 0 bridgehead atoms. The predicted octanol–water partition coefficient (Wildman–Crippen LogP) is 4.31. The molecule has 0 amide bonds. The summed E-state index contributed by atoms with van der Waals surface area (Å²) < 4.78 is 17.1. The van der Waals surface area contributed by atoms with Gasteiger partial charge in [0, 0.05) is 0 Å². The molecule has 0 fully saturated rings. The van der Waals surface area contributed by atoms with Crippen molar-refractivity contribution in [3.05, 3.63) is 70.8 Å². The van der Waals surface area contributed by atoms with Gasteiger partial charge < -0.3 is 9.79 Å². The van der Waals surface area contributed by atoms with Crippen LogP contribution in [-0.2, 0) is 14.7 Å². The molecule has 2 rings (SSSR count). The van der Waals surface area contributed by atoms with Gasteiger partial charge in [-0.1, -0.05) is 73.5 Å². The van der Waals surface area contributed by atoms with Crippen molar-refractivity contribution < 1.29 is 18.9 Å². The molecule has 0 aliphatic carbocycles. The SMILES string of the molecule is Cc1ccc(C(OP(=O)(O)O)(c2ccc(C)cc2)C(C)C)cc1. The lowest BCUT2D eigenvalue weighted by Gasteiger charge is -2.38. The lowest BCUT2D eigenvalue weighted by Crippen LogP contribution is -2.36. The predicted molar refractivity (Wildman–Crippen MR) is 91.1 cm³/mol. The fourth-order valence-corrected chi connectivity index (χ4v) is 3.63. The van der Waals surface area contributed by atoms with Crippen LogP contribution in [-0.4, -0.2) is 9.79 Å². The Hall–Kier alpha value is -1.45. The minimum absolute atomic E-state index is 0.180. The van der Waals surface area contributed by atoms with Crippen molar-refractivity contribution in [2.24, 2.45) is 5.92 Å². The summed E-state index contributed by atoms with van der Waals surface area (Å²) in [6, 6.07) is 15.1. The van der Waals surface area contributed by atoms with Gasteiger partial charge in [0.1, 0.15) is 5.60 Å². The van der Waals surface area contributed by atoms with Crippen molar-refractivity contribution in [2.45, 2.75) is 33.3 Å².